The number of hydrogen-bond donors (Lipinski definition) is 1. The van der Waals surface area contributed by atoms with Gasteiger partial charge in [-0.25, -0.2) is 4.98 Å². The van der Waals surface area contributed by atoms with Gasteiger partial charge in [0.2, 0.25) is 5.13 Å². The maximum atomic E-state index is 12.5. The number of halogens is 3. The molecule has 26 heavy (non-hydrogen) atoms. The van der Waals surface area contributed by atoms with Crippen LogP contribution in [0.4, 0.5) is 18.3 Å². The molecule has 0 bridgehead atoms. The zero-order valence-corrected chi connectivity index (χ0v) is 14.9. The Hall–Kier alpha value is -2.67. The fourth-order valence-corrected chi connectivity index (χ4v) is 2.95. The van der Waals surface area contributed by atoms with E-state index < -0.39 is 11.7 Å². The van der Waals surface area contributed by atoms with Crippen molar-refractivity contribution in [1.82, 2.24) is 4.98 Å². The van der Waals surface area contributed by atoms with E-state index >= 15 is 0 Å². The molecular weight excluding hydrogens is 359 g/mol. The van der Waals surface area contributed by atoms with Crippen molar-refractivity contribution < 1.29 is 13.2 Å². The highest BCUT2D eigenvalue weighted by molar-refractivity contribution is 7.14. The summed E-state index contributed by atoms with van der Waals surface area (Å²) >= 11 is 1.41. The van der Waals surface area contributed by atoms with Gasteiger partial charge in [-0.1, -0.05) is 24.3 Å². The summed E-state index contributed by atoms with van der Waals surface area (Å²) in [5.41, 5.74) is 7.00. The quantitative estimate of drug-likeness (QED) is 0.456. The van der Waals surface area contributed by atoms with Gasteiger partial charge in [-0.15, -0.1) is 11.3 Å². The summed E-state index contributed by atoms with van der Waals surface area (Å²) in [5.74, 6) is 0. The van der Waals surface area contributed by atoms with E-state index in [1.807, 2.05) is 11.4 Å². The first kappa shape index (κ1) is 18.1. The van der Waals surface area contributed by atoms with Gasteiger partial charge in [0.05, 0.1) is 17.5 Å². The molecule has 0 radical (unpaired) electrons. The van der Waals surface area contributed by atoms with E-state index in [2.05, 4.69) is 41.5 Å². The van der Waals surface area contributed by atoms with Crippen LogP contribution < -0.4 is 5.43 Å². The van der Waals surface area contributed by atoms with Gasteiger partial charge >= 0.3 is 6.18 Å². The van der Waals surface area contributed by atoms with Crippen molar-refractivity contribution in [2.45, 2.75) is 20.0 Å². The van der Waals surface area contributed by atoms with E-state index in [1.54, 1.807) is 0 Å². The van der Waals surface area contributed by atoms with Gasteiger partial charge in [-0.05, 0) is 48.7 Å². The first-order chi connectivity index (χ1) is 12.3. The summed E-state index contributed by atoms with van der Waals surface area (Å²) in [4.78, 5) is 4.47. The maximum Gasteiger partial charge on any atom is 0.416 e. The number of anilines is 1. The van der Waals surface area contributed by atoms with Gasteiger partial charge < -0.3 is 0 Å². The average Bonchev–Trinajstić information content (AvgIpc) is 3.06. The molecular formula is C19H16F3N3S. The number of nitrogens with one attached hydrogen (secondary N) is 1. The number of aromatic nitrogens is 1. The largest absolute Gasteiger partial charge is 0.416 e. The molecule has 0 fully saturated rings. The molecule has 0 aliphatic rings. The molecule has 0 saturated heterocycles. The number of hydrogen-bond acceptors (Lipinski definition) is 4. The summed E-state index contributed by atoms with van der Waals surface area (Å²) in [6, 6.07) is 11.0. The summed E-state index contributed by atoms with van der Waals surface area (Å²) in [7, 11) is 0. The lowest BCUT2D eigenvalue weighted by Gasteiger charge is -2.05. The molecule has 0 atom stereocenters. The first-order valence-electron chi connectivity index (χ1n) is 7.82. The molecule has 1 N–H and O–H groups in total. The second kappa shape index (κ2) is 7.29. The normalized spacial score (nSPS) is 11.9. The topological polar surface area (TPSA) is 37.3 Å². The highest BCUT2D eigenvalue weighted by atomic mass is 32.1. The Labute approximate surface area is 153 Å². The summed E-state index contributed by atoms with van der Waals surface area (Å²) in [6.07, 6.45) is -2.88. The lowest BCUT2D eigenvalue weighted by atomic mass is 10.1. The summed E-state index contributed by atoms with van der Waals surface area (Å²) in [5, 5.41) is 6.58. The van der Waals surface area contributed by atoms with Crippen molar-refractivity contribution in [3.8, 4) is 11.3 Å². The molecule has 7 heteroatoms. The van der Waals surface area contributed by atoms with Crippen molar-refractivity contribution in [3.63, 3.8) is 0 Å². The highest BCUT2D eigenvalue weighted by Crippen LogP contribution is 2.29. The Kier molecular flexibility index (Phi) is 5.08. The van der Waals surface area contributed by atoms with Gasteiger partial charge in [0.1, 0.15) is 0 Å². The van der Waals surface area contributed by atoms with Crippen LogP contribution in [0.3, 0.4) is 0 Å². The number of hydrazone groups is 1. The number of thiazole rings is 1. The van der Waals surface area contributed by atoms with Gasteiger partial charge in [0, 0.05) is 10.9 Å². The predicted octanol–water partition coefficient (Wildman–Crippen LogP) is 5.89. The lowest BCUT2D eigenvalue weighted by molar-refractivity contribution is -0.137. The van der Waals surface area contributed by atoms with E-state index in [4.69, 9.17) is 0 Å². The third kappa shape index (κ3) is 4.29. The Morgan fingerprint density at radius 2 is 1.77 bits per heavy atom. The Morgan fingerprint density at radius 3 is 2.42 bits per heavy atom. The fourth-order valence-electron chi connectivity index (χ4n) is 2.28. The van der Waals surface area contributed by atoms with E-state index in [0.29, 0.717) is 10.7 Å². The Balaban J connectivity index is 1.66. The third-order valence-corrected chi connectivity index (χ3v) is 4.67. The van der Waals surface area contributed by atoms with Gasteiger partial charge in [0.25, 0.3) is 0 Å². The molecule has 3 rings (SSSR count). The third-order valence-electron chi connectivity index (χ3n) is 3.92. The fraction of sp³-hybridized carbons (Fsp3) is 0.158. The van der Waals surface area contributed by atoms with Crippen LogP contribution in [0.5, 0.6) is 0 Å². The van der Waals surface area contributed by atoms with Crippen LogP contribution in [0.1, 0.15) is 22.3 Å². The van der Waals surface area contributed by atoms with Crippen LogP contribution in [0.15, 0.2) is 52.9 Å². The Bertz CT molecular complexity index is 928. The van der Waals surface area contributed by atoms with Crippen LogP contribution in [0.2, 0.25) is 0 Å². The molecule has 134 valence electrons. The molecule has 1 aromatic heterocycles. The smallest absolute Gasteiger partial charge is 0.253 e. The van der Waals surface area contributed by atoms with Crippen LogP contribution in [0, 0.1) is 13.8 Å². The number of aryl methyl sites for hydroxylation is 2. The molecule has 2 aromatic carbocycles. The minimum atomic E-state index is -4.33. The van der Waals surface area contributed by atoms with E-state index in [9.17, 15) is 13.2 Å². The SMILES string of the molecule is Cc1ccc(-c2csc(N/N=C\c3ccc(C(F)(F)F)cc3)n2)cc1C. The van der Waals surface area contributed by atoms with Crippen LogP contribution >= 0.6 is 11.3 Å². The zero-order valence-electron chi connectivity index (χ0n) is 14.1. The van der Waals surface area contributed by atoms with Crippen molar-refractivity contribution >= 4 is 22.7 Å². The molecule has 3 aromatic rings. The van der Waals surface area contributed by atoms with Crippen molar-refractivity contribution in [1.29, 1.82) is 0 Å². The Morgan fingerprint density at radius 1 is 1.04 bits per heavy atom. The second-order valence-corrected chi connectivity index (χ2v) is 6.68. The molecule has 0 amide bonds. The monoisotopic (exact) mass is 375 g/mol. The minimum absolute atomic E-state index is 0.566. The summed E-state index contributed by atoms with van der Waals surface area (Å²) < 4.78 is 37.6. The maximum absolute atomic E-state index is 12.5. The molecule has 0 saturated carbocycles. The molecule has 0 unspecified atom stereocenters. The molecule has 0 aliphatic carbocycles. The molecule has 3 nitrogen and oxygen atoms in total. The first-order valence-corrected chi connectivity index (χ1v) is 8.70. The van der Waals surface area contributed by atoms with Gasteiger partial charge in [-0.2, -0.15) is 18.3 Å². The second-order valence-electron chi connectivity index (χ2n) is 5.83. The zero-order chi connectivity index (χ0) is 18.7. The number of rotatable bonds is 4. The minimum Gasteiger partial charge on any atom is -0.253 e. The molecule has 0 aliphatic heterocycles. The summed E-state index contributed by atoms with van der Waals surface area (Å²) in [6.45, 7) is 4.11. The van der Waals surface area contributed by atoms with E-state index in [1.165, 1.54) is 40.8 Å². The van der Waals surface area contributed by atoms with Crippen molar-refractivity contribution in [3.05, 3.63) is 70.1 Å². The van der Waals surface area contributed by atoms with E-state index in [-0.39, 0.29) is 0 Å². The molecule has 0 spiro atoms. The van der Waals surface area contributed by atoms with Crippen LogP contribution in [-0.2, 0) is 6.18 Å². The standard InChI is InChI=1S/C19H16F3N3S/c1-12-3-6-15(9-13(12)2)17-11-26-18(24-17)25-23-10-14-4-7-16(8-5-14)19(20,21)22/h3-11H,1-2H3,(H,24,25)/b23-10-. The van der Waals surface area contributed by atoms with E-state index in [0.717, 1.165) is 23.4 Å². The van der Waals surface area contributed by atoms with Crippen LogP contribution in [-0.4, -0.2) is 11.2 Å². The van der Waals surface area contributed by atoms with Gasteiger partial charge in [-0.3, -0.25) is 5.43 Å². The number of benzene rings is 2. The van der Waals surface area contributed by atoms with Crippen molar-refractivity contribution in [2.75, 3.05) is 5.43 Å². The van der Waals surface area contributed by atoms with Crippen LogP contribution in [0.25, 0.3) is 11.3 Å². The van der Waals surface area contributed by atoms with Gasteiger partial charge in [0.15, 0.2) is 0 Å². The average molecular weight is 375 g/mol. The van der Waals surface area contributed by atoms with Crippen molar-refractivity contribution in [2.24, 2.45) is 5.10 Å². The number of nitrogens with zero attached hydrogens (tertiary/aromatic N) is 2. The number of alkyl halides is 3. The highest BCUT2D eigenvalue weighted by Gasteiger charge is 2.29. The lowest BCUT2D eigenvalue weighted by Crippen LogP contribution is -2.04. The molecule has 1 heterocycles. The predicted molar refractivity (Wildman–Crippen MR) is 99.7 cm³/mol.